The van der Waals surface area contributed by atoms with Crippen LogP contribution in [0.25, 0.3) is 0 Å². The number of rotatable bonds is 7. The fraction of sp³-hybridized carbons (Fsp3) is 0.486. The number of carbonyl (C=O) groups excluding carboxylic acids is 3. The molecular weight excluding hydrogens is 611 g/mol. The number of carbonyl (C=O) groups is 3. The summed E-state index contributed by atoms with van der Waals surface area (Å²) in [7, 11) is 0. The Labute approximate surface area is 279 Å². The van der Waals surface area contributed by atoms with Crippen LogP contribution in [0.1, 0.15) is 102 Å². The second-order valence-electron chi connectivity index (χ2n) is 14.3. The third kappa shape index (κ3) is 5.98. The van der Waals surface area contributed by atoms with Gasteiger partial charge in [-0.15, -0.1) is 0 Å². The first-order valence-corrected chi connectivity index (χ1v) is 17.3. The lowest BCUT2D eigenvalue weighted by Gasteiger charge is -2.39. The molecule has 48 heavy (non-hydrogen) atoms. The van der Waals surface area contributed by atoms with Gasteiger partial charge in [-0.3, -0.25) is 24.6 Å². The molecule has 4 fully saturated rings. The van der Waals surface area contributed by atoms with Crippen LogP contribution < -0.4 is 10.2 Å². The van der Waals surface area contributed by atoms with E-state index in [9.17, 15) is 19.5 Å². The first kappa shape index (κ1) is 31.1. The molecule has 10 nitrogen and oxygen atoms in total. The van der Waals surface area contributed by atoms with Gasteiger partial charge < -0.3 is 14.9 Å². The van der Waals surface area contributed by atoms with Gasteiger partial charge in [0.2, 0.25) is 11.8 Å². The normalized spacial score (nSPS) is 23.4. The summed E-state index contributed by atoms with van der Waals surface area (Å²) in [5.74, 6) is 0.175. The molecule has 0 spiro atoms. The van der Waals surface area contributed by atoms with Crippen molar-refractivity contribution in [2.45, 2.75) is 87.9 Å². The molecule has 3 amide bonds. The monoisotopic (exact) mass is 652 g/mol. The molecule has 1 aromatic heterocycles. The van der Waals surface area contributed by atoms with Crippen LogP contribution in [0.3, 0.4) is 0 Å². The molecule has 1 unspecified atom stereocenters. The Bertz CT molecular complexity index is 1730. The summed E-state index contributed by atoms with van der Waals surface area (Å²) in [5.41, 5.74) is 3.36. The number of aromatic nitrogens is 2. The average molecular weight is 653 g/mol. The summed E-state index contributed by atoms with van der Waals surface area (Å²) in [6.45, 7) is 4.05. The van der Waals surface area contributed by atoms with Crippen LogP contribution in [0, 0.1) is 5.82 Å². The number of nitrogens with one attached hydrogen (secondary N) is 1. The maximum absolute atomic E-state index is 15.5. The van der Waals surface area contributed by atoms with Gasteiger partial charge in [0.25, 0.3) is 5.91 Å². The standard InChI is InChI=1S/C37H41FN6O4/c38-31-18-29-26(22-44(36(29)47)32-7-8-33(45)41-35(32)46)17-30(31)37(48)11-15-42(16-12-37)21-23-1-5-28(6-2-23)43-13-9-25(10-14-43)34-39-19-27(20-40-34)24-3-4-24/h1-2,5-6,17-20,24-25,32,48H,3-4,7-16,21-22H2,(H,41,45,46). The van der Waals surface area contributed by atoms with Gasteiger partial charge in [-0.1, -0.05) is 12.1 Å². The van der Waals surface area contributed by atoms with E-state index in [1.807, 2.05) is 12.4 Å². The van der Waals surface area contributed by atoms with Gasteiger partial charge in [-0.25, -0.2) is 14.4 Å². The number of benzene rings is 2. The smallest absolute Gasteiger partial charge is 0.255 e. The number of aliphatic hydroxyl groups is 1. The lowest BCUT2D eigenvalue weighted by molar-refractivity contribution is -0.136. The topological polar surface area (TPSA) is 119 Å². The predicted molar refractivity (Wildman–Crippen MR) is 175 cm³/mol. The maximum atomic E-state index is 15.5. The lowest BCUT2D eigenvalue weighted by Crippen LogP contribution is -2.52. The van der Waals surface area contributed by atoms with E-state index in [-0.39, 0.29) is 36.4 Å². The Hall–Kier alpha value is -4.22. The molecule has 2 N–H and O–H groups in total. The Balaban J connectivity index is 0.849. The molecular formula is C37H41FN6O4. The van der Waals surface area contributed by atoms with Gasteiger partial charge in [-0.05, 0) is 91.8 Å². The number of halogens is 1. The molecule has 5 aliphatic rings. The van der Waals surface area contributed by atoms with Gasteiger partial charge in [0.1, 0.15) is 17.7 Å². The summed E-state index contributed by atoms with van der Waals surface area (Å²) in [6, 6.07) is 10.8. The van der Waals surface area contributed by atoms with E-state index < -0.39 is 29.3 Å². The number of imide groups is 1. The van der Waals surface area contributed by atoms with E-state index in [0.717, 1.165) is 38.3 Å². The van der Waals surface area contributed by atoms with E-state index in [2.05, 4.69) is 39.4 Å². The molecule has 1 atom stereocenters. The summed E-state index contributed by atoms with van der Waals surface area (Å²) >= 11 is 0. The SMILES string of the molecule is O=C1CCC(N2Cc3cc(C4(O)CCN(Cc5ccc(N6CCC(c7ncc(C8CC8)cn7)CC6)cc5)CC4)c(F)cc3C2=O)C(=O)N1. The Morgan fingerprint density at radius 2 is 1.60 bits per heavy atom. The van der Waals surface area contributed by atoms with Crippen LogP contribution >= 0.6 is 0 Å². The molecule has 5 heterocycles. The predicted octanol–water partition coefficient (Wildman–Crippen LogP) is 4.12. The zero-order valence-electron chi connectivity index (χ0n) is 27.0. The first-order chi connectivity index (χ1) is 23.2. The van der Waals surface area contributed by atoms with Crippen LogP contribution in [0.5, 0.6) is 0 Å². The van der Waals surface area contributed by atoms with Crippen molar-refractivity contribution in [3.8, 4) is 0 Å². The van der Waals surface area contributed by atoms with Crippen LogP contribution in [0.15, 0.2) is 48.8 Å². The molecule has 4 aliphatic heterocycles. The van der Waals surface area contributed by atoms with E-state index >= 15 is 4.39 Å². The molecule has 1 saturated carbocycles. The minimum atomic E-state index is -1.35. The third-order valence-corrected chi connectivity index (χ3v) is 11.1. The second kappa shape index (κ2) is 12.3. The third-order valence-electron chi connectivity index (χ3n) is 11.1. The number of hydrogen-bond acceptors (Lipinski definition) is 8. The first-order valence-electron chi connectivity index (χ1n) is 17.3. The fourth-order valence-corrected chi connectivity index (χ4v) is 7.95. The maximum Gasteiger partial charge on any atom is 0.255 e. The fourth-order valence-electron chi connectivity index (χ4n) is 7.95. The molecule has 3 saturated heterocycles. The number of fused-ring (bicyclic) bond motifs is 1. The van der Waals surface area contributed by atoms with E-state index in [1.165, 1.54) is 40.6 Å². The highest BCUT2D eigenvalue weighted by atomic mass is 19.1. The number of hydrogen-bond donors (Lipinski definition) is 2. The van der Waals surface area contributed by atoms with Crippen LogP contribution in [-0.2, 0) is 28.3 Å². The van der Waals surface area contributed by atoms with Crippen molar-refractivity contribution < 1.29 is 23.9 Å². The van der Waals surface area contributed by atoms with Crippen molar-refractivity contribution in [1.82, 2.24) is 25.1 Å². The Morgan fingerprint density at radius 3 is 2.27 bits per heavy atom. The van der Waals surface area contributed by atoms with E-state index in [0.29, 0.717) is 43.3 Å². The summed E-state index contributed by atoms with van der Waals surface area (Å²) in [4.78, 5) is 52.6. The number of anilines is 1. The summed E-state index contributed by atoms with van der Waals surface area (Å²) in [6.07, 6.45) is 9.81. The van der Waals surface area contributed by atoms with Gasteiger partial charge >= 0.3 is 0 Å². The molecule has 8 rings (SSSR count). The van der Waals surface area contributed by atoms with Gasteiger partial charge in [0, 0.05) is 80.8 Å². The van der Waals surface area contributed by atoms with Crippen molar-refractivity contribution in [2.24, 2.45) is 0 Å². The second-order valence-corrected chi connectivity index (χ2v) is 14.3. The zero-order chi connectivity index (χ0) is 33.0. The summed E-state index contributed by atoms with van der Waals surface area (Å²) < 4.78 is 15.5. The van der Waals surface area contributed by atoms with Crippen molar-refractivity contribution in [3.63, 3.8) is 0 Å². The molecule has 0 bridgehead atoms. The van der Waals surface area contributed by atoms with E-state index in [4.69, 9.17) is 9.97 Å². The zero-order valence-corrected chi connectivity index (χ0v) is 27.0. The minimum Gasteiger partial charge on any atom is -0.385 e. The highest BCUT2D eigenvalue weighted by Gasteiger charge is 2.42. The Morgan fingerprint density at radius 1 is 0.896 bits per heavy atom. The molecule has 1 aliphatic carbocycles. The van der Waals surface area contributed by atoms with Crippen molar-refractivity contribution in [3.05, 3.63) is 88.3 Å². The van der Waals surface area contributed by atoms with E-state index in [1.54, 1.807) is 6.07 Å². The minimum absolute atomic E-state index is 0.145. The average Bonchev–Trinajstić information content (AvgIpc) is 3.90. The lowest BCUT2D eigenvalue weighted by atomic mass is 9.82. The van der Waals surface area contributed by atoms with Crippen LogP contribution in [0.2, 0.25) is 0 Å². The number of likely N-dealkylation sites (tertiary alicyclic amines) is 1. The molecule has 11 heteroatoms. The van der Waals surface area contributed by atoms with Gasteiger partial charge in [-0.2, -0.15) is 0 Å². The van der Waals surface area contributed by atoms with Crippen molar-refractivity contribution >= 4 is 23.4 Å². The number of nitrogens with zero attached hydrogens (tertiary/aromatic N) is 5. The molecule has 250 valence electrons. The quantitative estimate of drug-likeness (QED) is 0.366. The van der Waals surface area contributed by atoms with Crippen molar-refractivity contribution in [2.75, 3.05) is 31.1 Å². The van der Waals surface area contributed by atoms with Crippen LogP contribution in [-0.4, -0.2) is 74.8 Å². The largest absolute Gasteiger partial charge is 0.385 e. The highest BCUT2D eigenvalue weighted by Crippen LogP contribution is 2.40. The highest BCUT2D eigenvalue weighted by molar-refractivity contribution is 6.05. The van der Waals surface area contributed by atoms with Crippen molar-refractivity contribution in [1.29, 1.82) is 0 Å². The van der Waals surface area contributed by atoms with Gasteiger partial charge in [0.05, 0.1) is 5.60 Å². The number of amides is 3. The van der Waals surface area contributed by atoms with Crippen LogP contribution in [0.4, 0.5) is 10.1 Å². The summed E-state index contributed by atoms with van der Waals surface area (Å²) in [5, 5.41) is 13.9. The molecule has 3 aromatic rings. The molecule has 2 aromatic carbocycles. The molecule has 0 radical (unpaired) electrons. The Kier molecular flexibility index (Phi) is 7.99. The number of piperidine rings is 3. The van der Waals surface area contributed by atoms with Gasteiger partial charge in [0.15, 0.2) is 0 Å².